The van der Waals surface area contributed by atoms with Gasteiger partial charge in [-0.05, 0) is 79.2 Å². The lowest BCUT2D eigenvalue weighted by Gasteiger charge is -2.29. The molecule has 5 nitrogen and oxygen atoms in total. The van der Waals surface area contributed by atoms with Crippen LogP contribution < -0.4 is 9.46 Å². The average Bonchev–Trinajstić information content (AvgIpc) is 3.48. The number of halogens is 1. The van der Waals surface area contributed by atoms with Gasteiger partial charge in [-0.15, -0.1) is 0 Å². The van der Waals surface area contributed by atoms with Gasteiger partial charge in [-0.25, -0.2) is 9.18 Å². The third-order valence-electron chi connectivity index (χ3n) is 6.02. The second kappa shape index (κ2) is 7.96. The molecule has 1 saturated heterocycles. The molecule has 0 spiro atoms. The zero-order chi connectivity index (χ0) is 20.7. The molecule has 2 aliphatic heterocycles. The van der Waals surface area contributed by atoms with E-state index in [4.69, 9.17) is 4.74 Å². The fourth-order valence-electron chi connectivity index (χ4n) is 4.09. The van der Waals surface area contributed by atoms with Gasteiger partial charge in [0.1, 0.15) is 17.1 Å². The van der Waals surface area contributed by atoms with Crippen molar-refractivity contribution in [1.82, 2.24) is 4.90 Å². The van der Waals surface area contributed by atoms with Crippen molar-refractivity contribution in [2.75, 3.05) is 31.0 Å². The van der Waals surface area contributed by atoms with E-state index in [0.717, 1.165) is 42.1 Å². The number of nitrogens with one attached hydrogen (secondary N) is 1. The van der Waals surface area contributed by atoms with E-state index in [-0.39, 0.29) is 11.4 Å². The molecular weight excluding hydrogens is 403 g/mol. The molecule has 0 radical (unpaired) electrons. The maximum atomic E-state index is 13.8. The van der Waals surface area contributed by atoms with Gasteiger partial charge in [0.05, 0.1) is 12.3 Å². The lowest BCUT2D eigenvalue weighted by Crippen LogP contribution is -2.36. The Morgan fingerprint density at radius 3 is 2.97 bits per heavy atom. The molecule has 30 heavy (non-hydrogen) atoms. The van der Waals surface area contributed by atoms with Crippen LogP contribution in [-0.4, -0.2) is 42.2 Å². The van der Waals surface area contributed by atoms with Gasteiger partial charge in [-0.1, -0.05) is 18.2 Å². The number of hydrogen-bond donors (Lipinski definition) is 2. The molecule has 0 bridgehead atoms. The van der Waals surface area contributed by atoms with Crippen LogP contribution in [0.25, 0.3) is 6.08 Å². The number of carboxylic acids is 1. The van der Waals surface area contributed by atoms with Gasteiger partial charge in [0.15, 0.2) is 0 Å². The van der Waals surface area contributed by atoms with Gasteiger partial charge >= 0.3 is 5.97 Å². The molecule has 0 amide bonds. The van der Waals surface area contributed by atoms with Gasteiger partial charge < -0.3 is 14.6 Å². The van der Waals surface area contributed by atoms with Crippen LogP contribution in [0.15, 0.2) is 41.3 Å². The van der Waals surface area contributed by atoms with E-state index in [1.807, 2.05) is 24.3 Å². The fourth-order valence-corrected chi connectivity index (χ4v) is 4.86. The molecule has 1 aliphatic carbocycles. The van der Waals surface area contributed by atoms with Crippen molar-refractivity contribution in [2.45, 2.75) is 23.7 Å². The molecule has 3 aliphatic rings. The summed E-state index contributed by atoms with van der Waals surface area (Å²) >= 11 is 1.28. The van der Waals surface area contributed by atoms with Crippen molar-refractivity contribution in [3.63, 3.8) is 0 Å². The van der Waals surface area contributed by atoms with E-state index in [1.165, 1.54) is 30.5 Å². The minimum atomic E-state index is -1.01. The fraction of sp³-hybridized carbons (Fsp3) is 0.348. The van der Waals surface area contributed by atoms with Gasteiger partial charge in [-0.2, -0.15) is 0 Å². The molecule has 1 saturated carbocycles. The first-order chi connectivity index (χ1) is 14.6. The molecule has 2 fully saturated rings. The van der Waals surface area contributed by atoms with Crippen molar-refractivity contribution < 1.29 is 19.0 Å². The second-order valence-electron chi connectivity index (χ2n) is 8.07. The smallest absolute Gasteiger partial charge is 0.341 e. The van der Waals surface area contributed by atoms with Gasteiger partial charge in [-0.3, -0.25) is 4.90 Å². The SMILES string of the molecule is O=C(O)c1c(NSc2ccc(F)cc2/C=C\CN2CCC2)ccc2c1OCC1CC21. The zero-order valence-corrected chi connectivity index (χ0v) is 17.3. The van der Waals surface area contributed by atoms with Crippen molar-refractivity contribution in [3.8, 4) is 5.75 Å². The predicted octanol–water partition coefficient (Wildman–Crippen LogP) is 4.86. The Morgan fingerprint density at radius 2 is 2.20 bits per heavy atom. The van der Waals surface area contributed by atoms with E-state index in [0.29, 0.717) is 29.9 Å². The number of rotatable bonds is 7. The minimum Gasteiger partial charge on any atom is -0.492 e. The molecule has 2 N–H and O–H groups in total. The zero-order valence-electron chi connectivity index (χ0n) is 16.4. The standard InChI is InChI=1S/C23H23FN2O3S/c24-16-4-7-20(14(11-16)3-1-8-26-9-2-10-26)30-25-19-6-5-17-18-12-15(18)13-29-22(17)21(19)23(27)28/h1,3-7,11,15,18,25H,2,8-10,12-13H2,(H,27,28)/b3-1-. The second-order valence-corrected chi connectivity index (χ2v) is 8.92. The van der Waals surface area contributed by atoms with Crippen LogP contribution in [0.5, 0.6) is 5.75 Å². The molecule has 5 rings (SSSR count). The Balaban J connectivity index is 1.36. The lowest BCUT2D eigenvalue weighted by molar-refractivity contribution is 0.0692. The molecule has 2 aromatic carbocycles. The lowest BCUT2D eigenvalue weighted by atomic mass is 10.0. The van der Waals surface area contributed by atoms with Gasteiger partial charge in [0.25, 0.3) is 0 Å². The first-order valence-corrected chi connectivity index (χ1v) is 11.1. The number of aromatic carboxylic acids is 1. The van der Waals surface area contributed by atoms with E-state index in [9.17, 15) is 14.3 Å². The van der Waals surface area contributed by atoms with Gasteiger partial charge in [0.2, 0.25) is 0 Å². The third kappa shape index (κ3) is 3.79. The van der Waals surface area contributed by atoms with Crippen molar-refractivity contribution in [2.24, 2.45) is 5.92 Å². The number of carboxylic acid groups (broad SMARTS) is 1. The van der Waals surface area contributed by atoms with Crippen LogP contribution >= 0.6 is 11.9 Å². The highest BCUT2D eigenvalue weighted by molar-refractivity contribution is 8.00. The number of likely N-dealkylation sites (tertiary alicyclic amines) is 1. The molecule has 2 aromatic rings. The number of nitrogens with zero attached hydrogens (tertiary/aromatic N) is 1. The molecule has 2 atom stereocenters. The third-order valence-corrected chi connectivity index (χ3v) is 6.93. The van der Waals surface area contributed by atoms with Crippen molar-refractivity contribution >= 4 is 29.7 Å². The summed E-state index contributed by atoms with van der Waals surface area (Å²) in [6.45, 7) is 3.65. The molecule has 0 aromatic heterocycles. The predicted molar refractivity (Wildman–Crippen MR) is 116 cm³/mol. The van der Waals surface area contributed by atoms with Crippen LogP contribution in [0.1, 0.15) is 40.2 Å². The highest BCUT2D eigenvalue weighted by Crippen LogP contribution is 2.55. The van der Waals surface area contributed by atoms with E-state index >= 15 is 0 Å². The molecular formula is C23H23FN2O3S. The molecule has 2 unspecified atom stereocenters. The summed E-state index contributed by atoms with van der Waals surface area (Å²) in [5.74, 6) is 0.129. The Hall–Kier alpha value is -2.51. The number of benzene rings is 2. The number of anilines is 1. The van der Waals surface area contributed by atoms with Crippen LogP contribution in [-0.2, 0) is 0 Å². The summed E-state index contributed by atoms with van der Waals surface area (Å²) in [6, 6.07) is 8.39. The highest BCUT2D eigenvalue weighted by Gasteiger charge is 2.45. The average molecular weight is 427 g/mol. The Morgan fingerprint density at radius 1 is 1.33 bits per heavy atom. The minimum absolute atomic E-state index is 0.169. The van der Waals surface area contributed by atoms with Crippen LogP contribution in [0.2, 0.25) is 0 Å². The summed E-state index contributed by atoms with van der Waals surface area (Å²) in [5.41, 5.74) is 2.42. The van der Waals surface area contributed by atoms with E-state index < -0.39 is 5.97 Å². The molecule has 7 heteroatoms. The monoisotopic (exact) mass is 426 g/mol. The number of ether oxygens (including phenoxy) is 1. The van der Waals surface area contributed by atoms with Crippen LogP contribution in [0.3, 0.4) is 0 Å². The normalized spacial score (nSPS) is 22.0. The van der Waals surface area contributed by atoms with Crippen molar-refractivity contribution in [3.05, 3.63) is 58.9 Å². The maximum Gasteiger partial charge on any atom is 0.341 e. The summed E-state index contributed by atoms with van der Waals surface area (Å²) in [7, 11) is 0. The largest absolute Gasteiger partial charge is 0.492 e. The summed E-state index contributed by atoms with van der Waals surface area (Å²) < 4.78 is 22.8. The highest BCUT2D eigenvalue weighted by atomic mass is 32.2. The number of hydrogen-bond acceptors (Lipinski definition) is 5. The number of fused-ring (bicyclic) bond motifs is 3. The number of carbonyl (C=O) groups is 1. The van der Waals surface area contributed by atoms with Gasteiger partial charge in [0, 0.05) is 17.4 Å². The Labute approximate surface area is 179 Å². The maximum absolute atomic E-state index is 13.8. The van der Waals surface area contributed by atoms with Crippen molar-refractivity contribution in [1.29, 1.82) is 0 Å². The summed E-state index contributed by atoms with van der Waals surface area (Å²) in [4.78, 5) is 15.1. The first-order valence-electron chi connectivity index (χ1n) is 10.2. The first kappa shape index (κ1) is 19.5. The topological polar surface area (TPSA) is 61.8 Å². The van der Waals surface area contributed by atoms with Crippen LogP contribution in [0, 0.1) is 11.7 Å². The molecule has 2 heterocycles. The summed E-state index contributed by atoms with van der Waals surface area (Å²) in [5, 5.41) is 9.81. The quantitative estimate of drug-likeness (QED) is 0.617. The van der Waals surface area contributed by atoms with Crippen LogP contribution in [0.4, 0.5) is 10.1 Å². The van der Waals surface area contributed by atoms with E-state index in [2.05, 4.69) is 9.62 Å². The summed E-state index contributed by atoms with van der Waals surface area (Å²) in [6.07, 6.45) is 6.26. The molecule has 156 valence electrons. The Kier molecular flexibility index (Phi) is 5.16. The Bertz CT molecular complexity index is 1020. The van der Waals surface area contributed by atoms with E-state index in [1.54, 1.807) is 6.07 Å².